The Hall–Kier alpha value is -1.40. The number of carbonyl (C=O) groups is 1. The minimum atomic E-state index is -0.923. The molecule has 16 heavy (non-hydrogen) atoms. The van der Waals surface area contributed by atoms with Gasteiger partial charge in [0, 0.05) is 10.9 Å². The highest BCUT2D eigenvalue weighted by atomic mass is 35.5. The average Bonchev–Trinajstić information content (AvgIpc) is 2.21. The molecule has 4 heteroatoms. The summed E-state index contributed by atoms with van der Waals surface area (Å²) in [5, 5.41) is 9.08. The normalized spacial score (nSPS) is 12.2. The molecule has 0 aliphatic rings. The molecule has 0 fully saturated rings. The number of nitrogens with zero attached hydrogens (tertiary/aromatic N) is 1. The van der Waals surface area contributed by atoms with Crippen molar-refractivity contribution in [2.24, 2.45) is 5.92 Å². The van der Waals surface area contributed by atoms with Gasteiger partial charge in [0.05, 0.1) is 6.07 Å². The lowest BCUT2D eigenvalue weighted by molar-refractivity contribution is -0.122. The lowest BCUT2D eigenvalue weighted by Gasteiger charge is -2.12. The number of rotatable bonds is 3. The summed E-state index contributed by atoms with van der Waals surface area (Å²) in [6, 6.07) is 5.58. The zero-order chi connectivity index (χ0) is 12.3. The van der Waals surface area contributed by atoms with E-state index in [-0.39, 0.29) is 16.7 Å². The van der Waals surface area contributed by atoms with E-state index in [9.17, 15) is 9.18 Å². The second-order valence-electron chi connectivity index (χ2n) is 3.79. The first-order valence-electron chi connectivity index (χ1n) is 4.85. The molecule has 0 radical (unpaired) electrons. The average molecular weight is 240 g/mol. The molecule has 1 aromatic carbocycles. The molecule has 2 nitrogen and oxygen atoms in total. The van der Waals surface area contributed by atoms with Gasteiger partial charge in [-0.05, 0) is 17.7 Å². The molecule has 1 atom stereocenters. The highest BCUT2D eigenvalue weighted by Gasteiger charge is 2.24. The highest BCUT2D eigenvalue weighted by molar-refractivity contribution is 6.31. The Labute approximate surface area is 98.6 Å². The number of hydrogen-bond acceptors (Lipinski definition) is 2. The summed E-state index contributed by atoms with van der Waals surface area (Å²) >= 11 is 5.81. The maximum atomic E-state index is 12.8. The molecule has 0 saturated carbocycles. The van der Waals surface area contributed by atoms with Gasteiger partial charge in [-0.2, -0.15) is 5.26 Å². The maximum Gasteiger partial charge on any atom is 0.157 e. The van der Waals surface area contributed by atoms with Crippen LogP contribution in [0.4, 0.5) is 4.39 Å². The van der Waals surface area contributed by atoms with Crippen molar-refractivity contribution < 1.29 is 9.18 Å². The van der Waals surface area contributed by atoms with Crippen LogP contribution in [0.5, 0.6) is 0 Å². The zero-order valence-electron chi connectivity index (χ0n) is 9.00. The molecular formula is C12H11ClFNO. The van der Waals surface area contributed by atoms with Crippen molar-refractivity contribution >= 4 is 17.4 Å². The molecule has 0 heterocycles. The first-order chi connectivity index (χ1) is 7.47. The van der Waals surface area contributed by atoms with Crippen molar-refractivity contribution in [3.05, 3.63) is 34.6 Å². The van der Waals surface area contributed by atoms with Crippen LogP contribution >= 0.6 is 11.6 Å². The van der Waals surface area contributed by atoms with Crippen LogP contribution in [0, 0.1) is 23.1 Å². The van der Waals surface area contributed by atoms with Crippen molar-refractivity contribution in [1.82, 2.24) is 0 Å². The van der Waals surface area contributed by atoms with Crippen LogP contribution in [0.3, 0.4) is 0 Å². The Morgan fingerprint density at radius 1 is 1.50 bits per heavy atom. The highest BCUT2D eigenvalue weighted by Crippen LogP contribution is 2.27. The number of ketones is 1. The minimum Gasteiger partial charge on any atom is -0.298 e. The zero-order valence-corrected chi connectivity index (χ0v) is 9.75. The summed E-state index contributed by atoms with van der Waals surface area (Å²) in [6.45, 7) is 3.42. The van der Waals surface area contributed by atoms with Crippen LogP contribution in [0.1, 0.15) is 25.3 Å². The molecule has 0 amide bonds. The lowest BCUT2D eigenvalue weighted by Crippen LogP contribution is -2.17. The van der Waals surface area contributed by atoms with Gasteiger partial charge in [0.15, 0.2) is 5.78 Å². The second kappa shape index (κ2) is 5.09. The Morgan fingerprint density at radius 3 is 2.56 bits per heavy atom. The van der Waals surface area contributed by atoms with Crippen molar-refractivity contribution in [3.8, 4) is 6.07 Å². The van der Waals surface area contributed by atoms with E-state index < -0.39 is 11.7 Å². The molecule has 0 aliphatic carbocycles. The number of halogens is 2. The van der Waals surface area contributed by atoms with Crippen LogP contribution in [0.25, 0.3) is 0 Å². The van der Waals surface area contributed by atoms with Crippen LogP contribution in [0.2, 0.25) is 5.02 Å². The van der Waals surface area contributed by atoms with Crippen molar-refractivity contribution in [1.29, 1.82) is 5.26 Å². The summed E-state index contributed by atoms with van der Waals surface area (Å²) in [7, 11) is 0. The first kappa shape index (κ1) is 12.7. The summed E-state index contributed by atoms with van der Waals surface area (Å²) in [4.78, 5) is 11.7. The number of hydrogen-bond donors (Lipinski definition) is 0. The van der Waals surface area contributed by atoms with Gasteiger partial charge in [-0.3, -0.25) is 4.79 Å². The van der Waals surface area contributed by atoms with Crippen molar-refractivity contribution in [3.63, 3.8) is 0 Å². The molecule has 1 aromatic rings. The van der Waals surface area contributed by atoms with Gasteiger partial charge in [-0.15, -0.1) is 0 Å². The Balaban J connectivity index is 3.15. The van der Waals surface area contributed by atoms with E-state index in [1.54, 1.807) is 13.8 Å². The fourth-order valence-corrected chi connectivity index (χ4v) is 1.63. The van der Waals surface area contributed by atoms with Crippen LogP contribution in [-0.4, -0.2) is 5.78 Å². The minimum absolute atomic E-state index is 0.112. The SMILES string of the molecule is CC(C)C(=O)C(C#N)c1ccc(F)cc1Cl. The van der Waals surface area contributed by atoms with E-state index in [0.717, 1.165) is 6.07 Å². The number of benzene rings is 1. The summed E-state index contributed by atoms with van der Waals surface area (Å²) in [5.41, 5.74) is 0.365. The summed E-state index contributed by atoms with van der Waals surface area (Å²) in [5.74, 6) is -1.88. The third kappa shape index (κ3) is 2.59. The third-order valence-electron chi connectivity index (χ3n) is 2.26. The molecule has 0 spiro atoms. The molecule has 0 aliphatic heterocycles. The molecule has 0 bridgehead atoms. The van der Waals surface area contributed by atoms with Gasteiger partial charge in [0.25, 0.3) is 0 Å². The van der Waals surface area contributed by atoms with Gasteiger partial charge in [0.1, 0.15) is 11.7 Å². The van der Waals surface area contributed by atoms with Gasteiger partial charge in [-0.1, -0.05) is 31.5 Å². The standard InChI is InChI=1S/C12H11ClFNO/c1-7(2)12(16)10(6-15)9-4-3-8(14)5-11(9)13/h3-5,7,10H,1-2H3. The molecule has 84 valence electrons. The molecule has 1 rings (SSSR count). The number of carbonyl (C=O) groups excluding carboxylic acids is 1. The fourth-order valence-electron chi connectivity index (χ4n) is 1.36. The molecule has 0 N–H and O–H groups in total. The van der Waals surface area contributed by atoms with Crippen molar-refractivity contribution in [2.75, 3.05) is 0 Å². The van der Waals surface area contributed by atoms with E-state index in [0.29, 0.717) is 5.56 Å². The largest absolute Gasteiger partial charge is 0.298 e. The Morgan fingerprint density at radius 2 is 2.12 bits per heavy atom. The molecular weight excluding hydrogens is 229 g/mol. The smallest absolute Gasteiger partial charge is 0.157 e. The van der Waals surface area contributed by atoms with E-state index in [4.69, 9.17) is 16.9 Å². The summed E-state index contributed by atoms with van der Waals surface area (Å²) in [6.07, 6.45) is 0. The molecule has 0 aromatic heterocycles. The van der Waals surface area contributed by atoms with Gasteiger partial charge in [-0.25, -0.2) is 4.39 Å². The predicted octanol–water partition coefficient (Wildman–Crippen LogP) is 3.31. The molecule has 0 saturated heterocycles. The quantitative estimate of drug-likeness (QED) is 0.812. The Bertz CT molecular complexity index is 451. The van der Waals surface area contributed by atoms with E-state index in [2.05, 4.69) is 0 Å². The van der Waals surface area contributed by atoms with Gasteiger partial charge < -0.3 is 0 Å². The predicted molar refractivity (Wildman–Crippen MR) is 59.6 cm³/mol. The van der Waals surface area contributed by atoms with Crippen LogP contribution < -0.4 is 0 Å². The van der Waals surface area contributed by atoms with Gasteiger partial charge >= 0.3 is 0 Å². The maximum absolute atomic E-state index is 12.8. The van der Waals surface area contributed by atoms with E-state index in [1.165, 1.54) is 12.1 Å². The third-order valence-corrected chi connectivity index (χ3v) is 2.58. The first-order valence-corrected chi connectivity index (χ1v) is 5.23. The number of Topliss-reactive ketones (excluding diaryl/α,β-unsaturated/α-hetero) is 1. The molecule has 1 unspecified atom stereocenters. The fraction of sp³-hybridized carbons (Fsp3) is 0.333. The second-order valence-corrected chi connectivity index (χ2v) is 4.19. The Kier molecular flexibility index (Phi) is 4.03. The lowest BCUT2D eigenvalue weighted by atomic mass is 9.90. The van der Waals surface area contributed by atoms with E-state index >= 15 is 0 Å². The van der Waals surface area contributed by atoms with Gasteiger partial charge in [0.2, 0.25) is 0 Å². The van der Waals surface area contributed by atoms with Crippen molar-refractivity contribution in [2.45, 2.75) is 19.8 Å². The van der Waals surface area contributed by atoms with E-state index in [1.807, 2.05) is 6.07 Å². The van der Waals surface area contributed by atoms with Crippen LogP contribution in [0.15, 0.2) is 18.2 Å². The monoisotopic (exact) mass is 239 g/mol. The van der Waals surface area contributed by atoms with Crippen LogP contribution in [-0.2, 0) is 4.79 Å². The topological polar surface area (TPSA) is 40.9 Å². The number of nitriles is 1. The summed E-state index contributed by atoms with van der Waals surface area (Å²) < 4.78 is 12.8.